The van der Waals surface area contributed by atoms with E-state index in [1.165, 1.54) is 16.7 Å². The van der Waals surface area contributed by atoms with E-state index in [4.69, 9.17) is 0 Å². The van der Waals surface area contributed by atoms with E-state index in [0.29, 0.717) is 0 Å². The first-order chi connectivity index (χ1) is 14.3. The Morgan fingerprint density at radius 3 is 2.59 bits per heavy atom. The van der Waals surface area contributed by atoms with Crippen LogP contribution < -0.4 is 5.32 Å². The van der Waals surface area contributed by atoms with E-state index in [2.05, 4.69) is 73.1 Å². The third-order valence-corrected chi connectivity index (χ3v) is 5.45. The lowest BCUT2D eigenvalue weighted by Gasteiger charge is -2.27. The number of hydrogen-bond acceptors (Lipinski definition) is 4. The van der Waals surface area contributed by atoms with Gasteiger partial charge in [-0.25, -0.2) is 0 Å². The van der Waals surface area contributed by atoms with Crippen molar-refractivity contribution in [1.82, 2.24) is 30.6 Å². The minimum absolute atomic E-state index is 0.929. The van der Waals surface area contributed by atoms with Crippen LogP contribution in [0.1, 0.15) is 16.8 Å². The molecule has 2 aromatic carbocycles. The maximum absolute atomic E-state index is 4.46. The highest BCUT2D eigenvalue weighted by Crippen LogP contribution is 2.26. The molecule has 3 N–H and O–H groups in total. The molecule has 2 aromatic heterocycles. The number of benzene rings is 2. The maximum atomic E-state index is 4.46. The van der Waals surface area contributed by atoms with Gasteiger partial charge >= 0.3 is 0 Å². The van der Waals surface area contributed by atoms with Gasteiger partial charge in [0.25, 0.3) is 0 Å². The molecule has 29 heavy (non-hydrogen) atoms. The van der Waals surface area contributed by atoms with Crippen LogP contribution in [0.2, 0.25) is 0 Å². The standard InChI is InChI=1S/C23H24N6/c1-4-19(5-2-17(1)16-29-11-9-24-10-12-29)20-6-8-23-21(13-20)22(27-28-23)7-3-18-14-25-26-15-18/h1-8,13-15,24H,9-12,16H2,(H,25,26)(H,27,28)/b7-3+. The van der Waals surface area contributed by atoms with Gasteiger partial charge in [0.15, 0.2) is 0 Å². The molecular formula is C23H24N6. The molecular weight excluding hydrogens is 360 g/mol. The molecule has 5 rings (SSSR count). The molecule has 4 aromatic rings. The first-order valence-corrected chi connectivity index (χ1v) is 10.0. The van der Waals surface area contributed by atoms with Gasteiger partial charge in [0.1, 0.15) is 0 Å². The van der Waals surface area contributed by atoms with Gasteiger partial charge in [-0.15, -0.1) is 0 Å². The summed E-state index contributed by atoms with van der Waals surface area (Å²) in [5, 5.41) is 18.9. The molecule has 0 unspecified atom stereocenters. The molecule has 1 saturated heterocycles. The Bertz CT molecular complexity index is 1100. The summed E-state index contributed by atoms with van der Waals surface area (Å²) in [4.78, 5) is 2.50. The maximum Gasteiger partial charge on any atom is 0.0927 e. The fourth-order valence-electron chi connectivity index (χ4n) is 3.80. The number of aromatic nitrogens is 4. The van der Waals surface area contributed by atoms with Crippen LogP contribution in [0.15, 0.2) is 54.9 Å². The van der Waals surface area contributed by atoms with Gasteiger partial charge in [0.05, 0.1) is 17.4 Å². The lowest BCUT2D eigenvalue weighted by Crippen LogP contribution is -2.42. The van der Waals surface area contributed by atoms with Gasteiger partial charge in [0, 0.05) is 49.9 Å². The lowest BCUT2D eigenvalue weighted by atomic mass is 10.0. The summed E-state index contributed by atoms with van der Waals surface area (Å²) in [6, 6.07) is 15.4. The molecule has 6 heteroatoms. The number of aromatic amines is 2. The van der Waals surface area contributed by atoms with E-state index in [0.717, 1.165) is 54.9 Å². The zero-order valence-electron chi connectivity index (χ0n) is 16.2. The number of H-pyrrole nitrogens is 2. The van der Waals surface area contributed by atoms with Crippen molar-refractivity contribution in [3.63, 3.8) is 0 Å². The Labute approximate surface area is 169 Å². The van der Waals surface area contributed by atoms with Crippen LogP contribution in [-0.2, 0) is 6.54 Å². The van der Waals surface area contributed by atoms with Gasteiger partial charge in [-0.05, 0) is 41.0 Å². The molecule has 146 valence electrons. The summed E-state index contributed by atoms with van der Waals surface area (Å²) < 4.78 is 0. The van der Waals surface area contributed by atoms with Crippen molar-refractivity contribution in [1.29, 1.82) is 0 Å². The van der Waals surface area contributed by atoms with E-state index in [1.54, 1.807) is 6.20 Å². The Kier molecular flexibility index (Phi) is 4.94. The van der Waals surface area contributed by atoms with Crippen LogP contribution in [0.5, 0.6) is 0 Å². The molecule has 0 bridgehead atoms. The molecule has 0 aliphatic carbocycles. The minimum atomic E-state index is 0.929. The zero-order valence-corrected chi connectivity index (χ0v) is 16.2. The molecule has 0 amide bonds. The number of nitrogens with one attached hydrogen (secondary N) is 3. The largest absolute Gasteiger partial charge is 0.314 e. The third kappa shape index (κ3) is 3.99. The smallest absolute Gasteiger partial charge is 0.0927 e. The van der Waals surface area contributed by atoms with E-state index >= 15 is 0 Å². The fraction of sp³-hybridized carbons (Fsp3) is 0.217. The number of piperazine rings is 1. The average Bonchev–Trinajstić information content (AvgIpc) is 3.43. The molecule has 0 radical (unpaired) electrons. The molecule has 1 fully saturated rings. The first-order valence-electron chi connectivity index (χ1n) is 10.0. The number of nitrogens with zero attached hydrogens (tertiary/aromatic N) is 3. The van der Waals surface area contributed by atoms with Gasteiger partial charge in [-0.2, -0.15) is 10.2 Å². The Hall–Kier alpha value is -3.22. The molecule has 0 saturated carbocycles. The highest BCUT2D eigenvalue weighted by Gasteiger charge is 2.10. The summed E-state index contributed by atoms with van der Waals surface area (Å²) in [7, 11) is 0. The predicted molar refractivity (Wildman–Crippen MR) is 117 cm³/mol. The normalized spacial score (nSPS) is 15.4. The zero-order chi connectivity index (χ0) is 19.5. The van der Waals surface area contributed by atoms with Crippen molar-refractivity contribution >= 4 is 23.1 Å². The summed E-state index contributed by atoms with van der Waals surface area (Å²) in [5.74, 6) is 0. The number of hydrogen-bond donors (Lipinski definition) is 3. The summed E-state index contributed by atoms with van der Waals surface area (Å²) >= 11 is 0. The Morgan fingerprint density at radius 2 is 1.79 bits per heavy atom. The van der Waals surface area contributed by atoms with E-state index in [9.17, 15) is 0 Å². The van der Waals surface area contributed by atoms with Crippen molar-refractivity contribution in [2.75, 3.05) is 26.2 Å². The van der Waals surface area contributed by atoms with Crippen LogP contribution in [-0.4, -0.2) is 51.5 Å². The van der Waals surface area contributed by atoms with Gasteiger partial charge < -0.3 is 5.32 Å². The van der Waals surface area contributed by atoms with Crippen molar-refractivity contribution in [3.05, 3.63) is 71.7 Å². The molecule has 1 aliphatic heterocycles. The van der Waals surface area contributed by atoms with Gasteiger partial charge in [-0.1, -0.05) is 30.3 Å². The summed E-state index contributed by atoms with van der Waals surface area (Å²) in [5.41, 5.74) is 6.78. The SMILES string of the molecule is C(=C\c1n[nH]c2ccc(-c3ccc(CN4CCNCC4)cc3)cc12)/c1cn[nH]c1. The second kappa shape index (κ2) is 8.03. The topological polar surface area (TPSA) is 72.6 Å². The Morgan fingerprint density at radius 1 is 0.966 bits per heavy atom. The van der Waals surface area contributed by atoms with E-state index in [1.807, 2.05) is 18.3 Å². The first kappa shape index (κ1) is 17.8. The molecule has 6 nitrogen and oxygen atoms in total. The average molecular weight is 384 g/mol. The monoisotopic (exact) mass is 384 g/mol. The van der Waals surface area contributed by atoms with Crippen LogP contribution >= 0.6 is 0 Å². The van der Waals surface area contributed by atoms with Crippen molar-refractivity contribution < 1.29 is 0 Å². The summed E-state index contributed by atoms with van der Waals surface area (Å²) in [6.45, 7) is 5.42. The number of rotatable bonds is 5. The molecule has 1 aliphatic rings. The quantitative estimate of drug-likeness (QED) is 0.492. The highest BCUT2D eigenvalue weighted by atomic mass is 15.2. The molecule has 3 heterocycles. The minimum Gasteiger partial charge on any atom is -0.314 e. The van der Waals surface area contributed by atoms with Gasteiger partial charge in [-0.3, -0.25) is 15.1 Å². The second-order valence-electron chi connectivity index (χ2n) is 7.46. The fourth-order valence-corrected chi connectivity index (χ4v) is 3.80. The van der Waals surface area contributed by atoms with Crippen LogP contribution in [0.3, 0.4) is 0 Å². The highest BCUT2D eigenvalue weighted by molar-refractivity contribution is 5.92. The second-order valence-corrected chi connectivity index (χ2v) is 7.46. The van der Waals surface area contributed by atoms with Crippen molar-refractivity contribution in [2.24, 2.45) is 0 Å². The molecule has 0 spiro atoms. The summed E-state index contributed by atoms with van der Waals surface area (Å²) in [6.07, 6.45) is 7.68. The predicted octanol–water partition coefficient (Wildman–Crippen LogP) is 3.53. The lowest BCUT2D eigenvalue weighted by molar-refractivity contribution is 0.233. The number of fused-ring (bicyclic) bond motifs is 1. The van der Waals surface area contributed by atoms with Crippen molar-refractivity contribution in [3.8, 4) is 11.1 Å². The third-order valence-electron chi connectivity index (χ3n) is 5.45. The van der Waals surface area contributed by atoms with Crippen LogP contribution in [0.25, 0.3) is 34.2 Å². The molecule has 0 atom stereocenters. The van der Waals surface area contributed by atoms with E-state index < -0.39 is 0 Å². The van der Waals surface area contributed by atoms with E-state index in [-0.39, 0.29) is 0 Å². The van der Waals surface area contributed by atoms with Crippen LogP contribution in [0, 0.1) is 0 Å². The van der Waals surface area contributed by atoms with Crippen molar-refractivity contribution in [2.45, 2.75) is 6.54 Å². The van der Waals surface area contributed by atoms with Crippen LogP contribution in [0.4, 0.5) is 0 Å². The Balaban J connectivity index is 1.37. The van der Waals surface area contributed by atoms with Gasteiger partial charge in [0.2, 0.25) is 0 Å².